The average molecular weight is 352 g/mol. The van der Waals surface area contributed by atoms with Crippen LogP contribution in [0, 0.1) is 0 Å². The molecule has 1 saturated heterocycles. The number of fused-ring (bicyclic) bond motifs is 1. The highest BCUT2D eigenvalue weighted by molar-refractivity contribution is 7.99. The lowest BCUT2D eigenvalue weighted by Crippen LogP contribution is -2.32. The van der Waals surface area contributed by atoms with E-state index in [0.29, 0.717) is 5.75 Å². The van der Waals surface area contributed by atoms with Gasteiger partial charge in [0, 0.05) is 18.5 Å². The van der Waals surface area contributed by atoms with E-state index in [2.05, 4.69) is 15.0 Å². The molecule has 3 heterocycles. The number of nitrogens with zero attached hydrogens (tertiary/aromatic N) is 3. The quantitative estimate of drug-likeness (QED) is 0.763. The van der Waals surface area contributed by atoms with E-state index in [9.17, 15) is 4.79 Å². The molecule has 0 saturated carbocycles. The van der Waals surface area contributed by atoms with Crippen LogP contribution in [0.3, 0.4) is 0 Å². The van der Waals surface area contributed by atoms with Gasteiger partial charge in [0.25, 0.3) is 0 Å². The molecule has 0 aliphatic carbocycles. The highest BCUT2D eigenvalue weighted by Gasteiger charge is 2.31. The summed E-state index contributed by atoms with van der Waals surface area (Å²) in [6, 6.07) is 13.9. The number of carbonyl (C=O) groups is 1. The fourth-order valence-corrected chi connectivity index (χ4v) is 4.11. The molecule has 1 N–H and O–H groups in total. The van der Waals surface area contributed by atoms with Gasteiger partial charge in [-0.3, -0.25) is 9.78 Å². The molecule has 1 aliphatic rings. The molecule has 0 radical (unpaired) electrons. The number of rotatable bonds is 5. The molecule has 0 bridgehead atoms. The van der Waals surface area contributed by atoms with E-state index in [0.717, 1.165) is 47.7 Å². The van der Waals surface area contributed by atoms with E-state index in [-0.39, 0.29) is 11.9 Å². The van der Waals surface area contributed by atoms with Gasteiger partial charge in [-0.25, -0.2) is 4.98 Å². The molecular weight excluding hydrogens is 332 g/mol. The summed E-state index contributed by atoms with van der Waals surface area (Å²) < 4.78 is 0. The second-order valence-corrected chi connectivity index (χ2v) is 7.18. The first kappa shape index (κ1) is 16.1. The number of aromatic amines is 1. The van der Waals surface area contributed by atoms with E-state index >= 15 is 0 Å². The van der Waals surface area contributed by atoms with Gasteiger partial charge in [-0.05, 0) is 37.1 Å². The van der Waals surface area contributed by atoms with Gasteiger partial charge in [0.2, 0.25) is 5.91 Å². The average Bonchev–Trinajstić information content (AvgIpc) is 3.29. The Morgan fingerprint density at radius 2 is 2.12 bits per heavy atom. The number of benzene rings is 1. The van der Waals surface area contributed by atoms with Crippen molar-refractivity contribution in [3.8, 4) is 0 Å². The summed E-state index contributed by atoms with van der Waals surface area (Å²) in [6.07, 6.45) is 3.78. The molecule has 1 aromatic carbocycles. The van der Waals surface area contributed by atoms with Crippen molar-refractivity contribution in [3.05, 3.63) is 60.2 Å². The van der Waals surface area contributed by atoms with Crippen molar-refractivity contribution in [3.63, 3.8) is 0 Å². The Hall–Kier alpha value is -2.34. The van der Waals surface area contributed by atoms with Crippen LogP contribution in [0.2, 0.25) is 0 Å². The van der Waals surface area contributed by atoms with Gasteiger partial charge in [0.05, 0.1) is 28.5 Å². The van der Waals surface area contributed by atoms with Crippen molar-refractivity contribution in [2.75, 3.05) is 12.3 Å². The molecule has 0 spiro atoms. The second-order valence-electron chi connectivity index (χ2n) is 6.20. The van der Waals surface area contributed by atoms with Gasteiger partial charge in [0.15, 0.2) is 0 Å². The summed E-state index contributed by atoms with van der Waals surface area (Å²) in [6.45, 7) is 0.810. The van der Waals surface area contributed by atoms with Crippen LogP contribution in [0.4, 0.5) is 0 Å². The Balaban J connectivity index is 1.41. The third-order valence-corrected chi connectivity index (χ3v) is 5.45. The normalized spacial score (nSPS) is 17.3. The van der Waals surface area contributed by atoms with E-state index in [1.807, 2.05) is 47.4 Å². The van der Waals surface area contributed by atoms with Crippen LogP contribution in [-0.2, 0) is 10.5 Å². The Morgan fingerprint density at radius 3 is 2.96 bits per heavy atom. The number of carbonyl (C=O) groups excluding carboxylic acids is 1. The van der Waals surface area contributed by atoms with E-state index in [1.165, 1.54) is 0 Å². The zero-order chi connectivity index (χ0) is 17.1. The van der Waals surface area contributed by atoms with Gasteiger partial charge in [-0.15, -0.1) is 11.8 Å². The summed E-state index contributed by atoms with van der Waals surface area (Å²) in [5, 5.41) is 0. The van der Waals surface area contributed by atoms with Crippen molar-refractivity contribution in [1.82, 2.24) is 19.9 Å². The Labute approximate surface area is 150 Å². The highest BCUT2D eigenvalue weighted by atomic mass is 32.2. The summed E-state index contributed by atoms with van der Waals surface area (Å²) in [4.78, 5) is 27.0. The third kappa shape index (κ3) is 3.54. The predicted molar refractivity (Wildman–Crippen MR) is 100 cm³/mol. The van der Waals surface area contributed by atoms with Gasteiger partial charge < -0.3 is 9.88 Å². The van der Waals surface area contributed by atoms with Gasteiger partial charge in [-0.1, -0.05) is 18.2 Å². The molecule has 3 aromatic rings. The Kier molecular flexibility index (Phi) is 4.70. The van der Waals surface area contributed by atoms with E-state index in [1.54, 1.807) is 18.0 Å². The first-order valence-corrected chi connectivity index (χ1v) is 9.68. The minimum absolute atomic E-state index is 0.0651. The van der Waals surface area contributed by atoms with Crippen LogP contribution >= 0.6 is 11.8 Å². The molecule has 1 aliphatic heterocycles. The van der Waals surface area contributed by atoms with Gasteiger partial charge in [-0.2, -0.15) is 0 Å². The fraction of sp³-hybridized carbons (Fsp3) is 0.316. The maximum absolute atomic E-state index is 12.7. The molecule has 1 amide bonds. The van der Waals surface area contributed by atoms with Crippen LogP contribution in [0.1, 0.15) is 30.4 Å². The SMILES string of the molecule is O=C(CSCc1ccccn1)N1CCCC1c1nc2ccccc2[nH]1. The first-order valence-electron chi connectivity index (χ1n) is 8.53. The van der Waals surface area contributed by atoms with Crippen molar-refractivity contribution < 1.29 is 4.79 Å². The zero-order valence-corrected chi connectivity index (χ0v) is 14.7. The first-order chi connectivity index (χ1) is 12.3. The standard InChI is InChI=1S/C19H20N4OS/c24-18(13-25-12-14-6-3-4-10-20-14)23-11-5-9-17(23)19-21-15-7-1-2-8-16(15)22-19/h1-4,6-8,10,17H,5,9,11-13H2,(H,21,22). The number of para-hydroxylation sites is 2. The maximum atomic E-state index is 12.7. The molecule has 6 heteroatoms. The molecule has 25 heavy (non-hydrogen) atoms. The molecule has 2 aromatic heterocycles. The van der Waals surface area contributed by atoms with Crippen LogP contribution in [-0.4, -0.2) is 38.1 Å². The largest absolute Gasteiger partial charge is 0.340 e. The minimum atomic E-state index is 0.0651. The van der Waals surface area contributed by atoms with Gasteiger partial charge in [0.1, 0.15) is 5.82 Å². The lowest BCUT2D eigenvalue weighted by molar-refractivity contribution is -0.129. The highest BCUT2D eigenvalue weighted by Crippen LogP contribution is 2.32. The van der Waals surface area contributed by atoms with Crippen molar-refractivity contribution >= 4 is 28.7 Å². The number of H-pyrrole nitrogens is 1. The number of amides is 1. The zero-order valence-electron chi connectivity index (χ0n) is 13.9. The topological polar surface area (TPSA) is 61.9 Å². The summed E-state index contributed by atoms with van der Waals surface area (Å²) >= 11 is 1.62. The number of imidazole rings is 1. The molecule has 5 nitrogen and oxygen atoms in total. The van der Waals surface area contributed by atoms with Crippen LogP contribution in [0.25, 0.3) is 11.0 Å². The number of pyridine rings is 1. The van der Waals surface area contributed by atoms with Crippen LogP contribution < -0.4 is 0 Å². The Bertz CT molecular complexity index is 831. The fourth-order valence-electron chi connectivity index (χ4n) is 3.29. The molecule has 1 fully saturated rings. The van der Waals surface area contributed by atoms with E-state index < -0.39 is 0 Å². The number of aromatic nitrogens is 3. The van der Waals surface area contributed by atoms with Crippen molar-refractivity contribution in [1.29, 1.82) is 0 Å². The maximum Gasteiger partial charge on any atom is 0.233 e. The van der Waals surface area contributed by atoms with Gasteiger partial charge >= 0.3 is 0 Å². The van der Waals surface area contributed by atoms with Crippen molar-refractivity contribution in [2.24, 2.45) is 0 Å². The smallest absolute Gasteiger partial charge is 0.233 e. The number of thioether (sulfide) groups is 1. The van der Waals surface area contributed by atoms with Crippen LogP contribution in [0.5, 0.6) is 0 Å². The summed E-state index contributed by atoms with van der Waals surface area (Å²) in [5.74, 6) is 2.33. The summed E-state index contributed by atoms with van der Waals surface area (Å²) in [5.41, 5.74) is 3.00. The molecule has 1 atom stereocenters. The molecular formula is C19H20N4OS. The number of hydrogen-bond donors (Lipinski definition) is 1. The third-order valence-electron chi connectivity index (χ3n) is 4.50. The Morgan fingerprint density at radius 1 is 1.24 bits per heavy atom. The predicted octanol–water partition coefficient (Wildman–Crippen LogP) is 3.55. The number of likely N-dealkylation sites (tertiary alicyclic amines) is 1. The lowest BCUT2D eigenvalue weighted by atomic mass is 10.2. The monoisotopic (exact) mass is 352 g/mol. The molecule has 128 valence electrons. The number of hydrogen-bond acceptors (Lipinski definition) is 4. The molecule has 4 rings (SSSR count). The minimum Gasteiger partial charge on any atom is -0.340 e. The lowest BCUT2D eigenvalue weighted by Gasteiger charge is -2.23. The van der Waals surface area contributed by atoms with E-state index in [4.69, 9.17) is 0 Å². The number of nitrogens with one attached hydrogen (secondary N) is 1. The second kappa shape index (κ2) is 7.27. The van der Waals surface area contributed by atoms with Crippen molar-refractivity contribution in [2.45, 2.75) is 24.6 Å². The molecule has 1 unspecified atom stereocenters. The van der Waals surface area contributed by atoms with Crippen LogP contribution in [0.15, 0.2) is 48.7 Å². The summed E-state index contributed by atoms with van der Waals surface area (Å²) in [7, 11) is 0.